The van der Waals surface area contributed by atoms with E-state index in [9.17, 15) is 13.6 Å². The van der Waals surface area contributed by atoms with Crippen molar-refractivity contribution in [1.29, 1.82) is 0 Å². The molecule has 0 aliphatic heterocycles. The Balaban J connectivity index is 1.72. The number of fused-ring (bicyclic) bond motifs is 1. The van der Waals surface area contributed by atoms with Gasteiger partial charge >= 0.3 is 5.97 Å². The Hall–Kier alpha value is -3.19. The van der Waals surface area contributed by atoms with Crippen LogP contribution in [0.3, 0.4) is 0 Å². The summed E-state index contributed by atoms with van der Waals surface area (Å²) >= 11 is 1.25. The van der Waals surface area contributed by atoms with E-state index >= 15 is 0 Å². The van der Waals surface area contributed by atoms with Gasteiger partial charge in [0.05, 0.1) is 29.7 Å². The lowest BCUT2D eigenvalue weighted by Gasteiger charge is -2.10. The molecule has 7 heteroatoms. The predicted octanol–water partition coefficient (Wildman–Crippen LogP) is 5.83. The highest BCUT2D eigenvalue weighted by atomic mass is 32.2. The summed E-state index contributed by atoms with van der Waals surface area (Å²) < 4.78 is 35.2. The van der Waals surface area contributed by atoms with Gasteiger partial charge in [-0.15, -0.1) is 0 Å². The Morgan fingerprint density at radius 3 is 2.48 bits per heavy atom. The third-order valence-corrected chi connectivity index (χ3v) is 5.82. The summed E-state index contributed by atoms with van der Waals surface area (Å²) in [5, 5.41) is 0.613. The lowest BCUT2D eigenvalue weighted by molar-refractivity contribution is 0.0526. The quantitative estimate of drug-likeness (QED) is 0.269. The lowest BCUT2D eigenvalue weighted by Crippen LogP contribution is -2.05. The Morgan fingerprint density at radius 1 is 1.03 bits per heavy atom. The maximum Gasteiger partial charge on any atom is 0.338 e. The van der Waals surface area contributed by atoms with E-state index < -0.39 is 17.6 Å². The van der Waals surface area contributed by atoms with Gasteiger partial charge in [-0.25, -0.2) is 18.6 Å². The van der Waals surface area contributed by atoms with E-state index in [0.29, 0.717) is 22.8 Å². The van der Waals surface area contributed by atoms with Gasteiger partial charge in [0.15, 0.2) is 5.16 Å². The molecular formula is C24H20F2N2O2S. The summed E-state index contributed by atoms with van der Waals surface area (Å²) in [5.74, 6) is -1.48. The van der Waals surface area contributed by atoms with Crippen LogP contribution in [-0.4, -0.2) is 22.1 Å². The predicted molar refractivity (Wildman–Crippen MR) is 117 cm³/mol. The van der Waals surface area contributed by atoms with E-state index in [1.165, 1.54) is 30.0 Å². The fraction of sp³-hybridized carbons (Fsp3) is 0.167. The molecule has 0 saturated heterocycles. The number of benzene rings is 3. The number of nitrogens with zero attached hydrogens (tertiary/aromatic N) is 2. The molecule has 0 unspecified atom stereocenters. The number of esters is 1. The summed E-state index contributed by atoms with van der Waals surface area (Å²) in [7, 11) is 0. The first kappa shape index (κ1) is 21.1. The van der Waals surface area contributed by atoms with Gasteiger partial charge in [-0.3, -0.25) is 0 Å². The largest absolute Gasteiger partial charge is 0.462 e. The number of imidazole rings is 1. The number of ether oxygens (including phenoxy) is 1. The van der Waals surface area contributed by atoms with E-state index in [-0.39, 0.29) is 17.9 Å². The van der Waals surface area contributed by atoms with Gasteiger partial charge in [0.1, 0.15) is 11.6 Å². The van der Waals surface area contributed by atoms with E-state index in [2.05, 4.69) is 4.98 Å². The van der Waals surface area contributed by atoms with Crippen LogP contribution >= 0.6 is 11.8 Å². The van der Waals surface area contributed by atoms with Crippen LogP contribution in [0.5, 0.6) is 0 Å². The van der Waals surface area contributed by atoms with Gasteiger partial charge in [0.2, 0.25) is 0 Å². The number of hydrogen-bond acceptors (Lipinski definition) is 4. The molecular weight excluding hydrogens is 418 g/mol. The van der Waals surface area contributed by atoms with Crippen LogP contribution in [0.2, 0.25) is 0 Å². The maximum absolute atomic E-state index is 14.1. The van der Waals surface area contributed by atoms with Crippen molar-refractivity contribution in [3.63, 3.8) is 0 Å². The molecule has 4 rings (SSSR count). The number of hydrogen-bond donors (Lipinski definition) is 0. The number of carbonyl (C=O) groups excluding carboxylic acids is 1. The fourth-order valence-electron chi connectivity index (χ4n) is 3.29. The van der Waals surface area contributed by atoms with Gasteiger partial charge in [-0.05, 0) is 42.8 Å². The number of rotatable bonds is 7. The average molecular weight is 438 g/mol. The van der Waals surface area contributed by atoms with Crippen molar-refractivity contribution in [3.05, 3.63) is 95.1 Å². The minimum atomic E-state index is -0.581. The molecule has 0 aliphatic carbocycles. The standard InChI is InChI=1S/C24H20F2N2O2S/c1-2-30-23(29)17-11-12-22-21(13-17)27-24(28(22)14-16-7-4-3-5-8-16)31-15-18-19(25)9-6-10-20(18)26/h3-13H,2,14-15H2,1H3. The third-order valence-electron chi connectivity index (χ3n) is 4.82. The van der Waals surface area contributed by atoms with Gasteiger partial charge in [-0.2, -0.15) is 0 Å². The molecule has 0 bridgehead atoms. The molecule has 3 aromatic carbocycles. The molecule has 0 saturated carbocycles. The van der Waals surface area contributed by atoms with Crippen LogP contribution in [0.25, 0.3) is 11.0 Å². The molecule has 4 nitrogen and oxygen atoms in total. The van der Waals surface area contributed by atoms with Crippen molar-refractivity contribution >= 4 is 28.8 Å². The number of thioether (sulfide) groups is 1. The Labute approximate surface area is 182 Å². The maximum atomic E-state index is 14.1. The van der Waals surface area contributed by atoms with Crippen molar-refractivity contribution < 1.29 is 18.3 Å². The van der Waals surface area contributed by atoms with Crippen LogP contribution in [0, 0.1) is 11.6 Å². The summed E-state index contributed by atoms with van der Waals surface area (Å²) in [5.41, 5.74) is 2.94. The van der Waals surface area contributed by atoms with E-state index in [1.54, 1.807) is 19.1 Å². The molecule has 158 valence electrons. The van der Waals surface area contributed by atoms with Crippen LogP contribution < -0.4 is 0 Å². The lowest BCUT2D eigenvalue weighted by atomic mass is 10.2. The zero-order chi connectivity index (χ0) is 21.8. The highest BCUT2D eigenvalue weighted by molar-refractivity contribution is 7.98. The monoisotopic (exact) mass is 438 g/mol. The smallest absolute Gasteiger partial charge is 0.338 e. The van der Waals surface area contributed by atoms with E-state index in [4.69, 9.17) is 4.74 Å². The zero-order valence-corrected chi connectivity index (χ0v) is 17.7. The van der Waals surface area contributed by atoms with Crippen LogP contribution in [0.4, 0.5) is 8.78 Å². The first-order valence-electron chi connectivity index (χ1n) is 9.84. The fourth-order valence-corrected chi connectivity index (χ4v) is 4.32. The number of carbonyl (C=O) groups is 1. The molecule has 0 aliphatic rings. The molecule has 0 atom stereocenters. The minimum absolute atomic E-state index is 0.0121. The Kier molecular flexibility index (Phi) is 6.32. The number of aromatic nitrogens is 2. The van der Waals surface area contributed by atoms with Gasteiger partial charge in [-0.1, -0.05) is 48.2 Å². The highest BCUT2D eigenvalue weighted by Gasteiger charge is 2.17. The third kappa shape index (κ3) is 4.61. The zero-order valence-electron chi connectivity index (χ0n) is 16.8. The molecule has 1 heterocycles. The molecule has 0 fully saturated rings. The summed E-state index contributed by atoms with van der Waals surface area (Å²) in [6.07, 6.45) is 0. The van der Waals surface area contributed by atoms with Crippen molar-refractivity contribution in [2.45, 2.75) is 24.4 Å². The van der Waals surface area contributed by atoms with Gasteiger partial charge < -0.3 is 9.30 Å². The molecule has 4 aromatic rings. The summed E-state index contributed by atoms with van der Waals surface area (Å²) in [4.78, 5) is 16.8. The van der Waals surface area contributed by atoms with Crippen LogP contribution in [-0.2, 0) is 17.0 Å². The highest BCUT2D eigenvalue weighted by Crippen LogP contribution is 2.30. The minimum Gasteiger partial charge on any atom is -0.462 e. The molecule has 0 radical (unpaired) electrons. The number of halogens is 2. The molecule has 0 N–H and O–H groups in total. The second kappa shape index (κ2) is 9.31. The van der Waals surface area contributed by atoms with Crippen molar-refractivity contribution in [2.24, 2.45) is 0 Å². The Morgan fingerprint density at radius 2 is 1.77 bits per heavy atom. The normalized spacial score (nSPS) is 11.1. The molecule has 0 spiro atoms. The first-order valence-corrected chi connectivity index (χ1v) is 10.8. The second-order valence-corrected chi connectivity index (χ2v) is 7.82. The van der Waals surface area contributed by atoms with Crippen molar-refractivity contribution in [1.82, 2.24) is 9.55 Å². The van der Waals surface area contributed by atoms with Crippen molar-refractivity contribution in [2.75, 3.05) is 6.61 Å². The van der Waals surface area contributed by atoms with Gasteiger partial charge in [0.25, 0.3) is 0 Å². The summed E-state index contributed by atoms with van der Waals surface area (Å²) in [6, 6.07) is 18.9. The second-order valence-electron chi connectivity index (χ2n) is 6.88. The van der Waals surface area contributed by atoms with Gasteiger partial charge in [0, 0.05) is 11.3 Å². The SMILES string of the molecule is CCOC(=O)c1ccc2c(c1)nc(SCc1c(F)cccc1F)n2Cc1ccccc1. The molecule has 31 heavy (non-hydrogen) atoms. The van der Waals surface area contributed by atoms with Crippen LogP contribution in [0.1, 0.15) is 28.4 Å². The van der Waals surface area contributed by atoms with Crippen molar-refractivity contribution in [3.8, 4) is 0 Å². The first-order chi connectivity index (χ1) is 15.1. The topological polar surface area (TPSA) is 44.1 Å². The van der Waals surface area contributed by atoms with Crippen LogP contribution in [0.15, 0.2) is 71.9 Å². The molecule has 0 amide bonds. The molecule has 1 aromatic heterocycles. The van der Waals surface area contributed by atoms with E-state index in [1.807, 2.05) is 41.0 Å². The van der Waals surface area contributed by atoms with E-state index in [0.717, 1.165) is 11.1 Å². The average Bonchev–Trinajstić information content (AvgIpc) is 3.11. The Bertz CT molecular complexity index is 1200. The summed E-state index contributed by atoms with van der Waals surface area (Å²) in [6.45, 7) is 2.58.